The van der Waals surface area contributed by atoms with Gasteiger partial charge < -0.3 is 15.4 Å². The third-order valence-electron chi connectivity index (χ3n) is 3.20. The predicted octanol–water partition coefficient (Wildman–Crippen LogP) is 2.05. The van der Waals surface area contributed by atoms with Crippen molar-refractivity contribution in [3.63, 3.8) is 0 Å². The van der Waals surface area contributed by atoms with Crippen LogP contribution in [-0.4, -0.2) is 21.1 Å². The number of aromatic nitrogens is 2. The molecule has 5 nitrogen and oxygen atoms in total. The summed E-state index contributed by atoms with van der Waals surface area (Å²) >= 11 is 5.90. The van der Waals surface area contributed by atoms with E-state index in [-0.39, 0.29) is 17.0 Å². The summed E-state index contributed by atoms with van der Waals surface area (Å²) in [7, 11) is 0. The zero-order valence-corrected chi connectivity index (χ0v) is 11.4. The third kappa shape index (κ3) is 2.84. The Morgan fingerprint density at radius 3 is 2.90 bits per heavy atom. The van der Waals surface area contributed by atoms with Gasteiger partial charge >= 0.3 is 0 Å². The Bertz CT molecular complexity index is 695. The fourth-order valence-corrected chi connectivity index (χ4v) is 2.21. The Hall–Kier alpha value is -1.85. The van der Waals surface area contributed by atoms with Gasteiger partial charge in [-0.1, -0.05) is 23.7 Å². The minimum absolute atomic E-state index is 0.141. The van der Waals surface area contributed by atoms with Crippen molar-refractivity contribution in [2.24, 2.45) is 0 Å². The number of aromatic amines is 1. The van der Waals surface area contributed by atoms with E-state index in [1.807, 2.05) is 0 Å². The van der Waals surface area contributed by atoms with E-state index in [0.29, 0.717) is 29.0 Å². The topological polar surface area (TPSA) is 78.0 Å². The predicted molar refractivity (Wildman–Crippen MR) is 76.8 cm³/mol. The van der Waals surface area contributed by atoms with Crippen LogP contribution in [0.3, 0.4) is 0 Å². The largest absolute Gasteiger partial charge is 0.493 e. The number of nitrogens with one attached hydrogen (secondary N) is 2. The lowest BCUT2D eigenvalue weighted by Crippen LogP contribution is -2.21. The van der Waals surface area contributed by atoms with Crippen LogP contribution in [0.5, 0.6) is 5.88 Å². The van der Waals surface area contributed by atoms with Crippen LogP contribution in [0.1, 0.15) is 18.7 Å². The molecule has 1 saturated carbocycles. The van der Waals surface area contributed by atoms with Gasteiger partial charge in [0, 0.05) is 11.1 Å². The van der Waals surface area contributed by atoms with E-state index < -0.39 is 0 Å². The van der Waals surface area contributed by atoms with Crippen LogP contribution in [0.25, 0.3) is 11.1 Å². The van der Waals surface area contributed by atoms with Gasteiger partial charge in [-0.25, -0.2) is 0 Å². The molecular weight excluding hydrogens is 278 g/mol. The van der Waals surface area contributed by atoms with Gasteiger partial charge in [-0.2, -0.15) is 4.98 Å². The molecule has 104 valence electrons. The summed E-state index contributed by atoms with van der Waals surface area (Å²) < 4.78 is 0. The van der Waals surface area contributed by atoms with Gasteiger partial charge in [-0.3, -0.25) is 4.79 Å². The van der Waals surface area contributed by atoms with Crippen molar-refractivity contribution in [1.82, 2.24) is 15.3 Å². The number of H-pyrrole nitrogens is 1. The molecule has 2 aromatic rings. The Morgan fingerprint density at radius 2 is 2.25 bits per heavy atom. The van der Waals surface area contributed by atoms with Gasteiger partial charge in [0.1, 0.15) is 11.4 Å². The summed E-state index contributed by atoms with van der Waals surface area (Å²) in [5.74, 6) is 0.161. The molecule has 1 aromatic heterocycles. The first-order valence-electron chi connectivity index (χ1n) is 6.45. The van der Waals surface area contributed by atoms with Crippen molar-refractivity contribution in [2.75, 3.05) is 0 Å². The SMILES string of the molecule is O=c1[nH]c(CNC2CC2)nc(O)c1-c1cccc(Cl)c1. The Kier molecular flexibility index (Phi) is 3.46. The summed E-state index contributed by atoms with van der Waals surface area (Å²) in [6, 6.07) is 7.27. The van der Waals surface area contributed by atoms with Gasteiger partial charge in [-0.05, 0) is 30.5 Å². The fraction of sp³-hybridized carbons (Fsp3) is 0.286. The number of aromatic hydroxyl groups is 1. The first-order chi connectivity index (χ1) is 9.63. The lowest BCUT2D eigenvalue weighted by atomic mass is 10.1. The summed E-state index contributed by atoms with van der Waals surface area (Å²) in [6.07, 6.45) is 2.30. The molecule has 0 unspecified atom stereocenters. The van der Waals surface area contributed by atoms with Gasteiger partial charge in [0.15, 0.2) is 0 Å². The molecule has 3 N–H and O–H groups in total. The second-order valence-corrected chi connectivity index (χ2v) is 5.31. The zero-order valence-electron chi connectivity index (χ0n) is 10.7. The van der Waals surface area contributed by atoms with Crippen molar-refractivity contribution in [3.05, 3.63) is 45.5 Å². The van der Waals surface area contributed by atoms with Gasteiger partial charge in [0.2, 0.25) is 5.88 Å². The highest BCUT2D eigenvalue weighted by Gasteiger charge is 2.21. The van der Waals surface area contributed by atoms with Crippen molar-refractivity contribution in [2.45, 2.75) is 25.4 Å². The second kappa shape index (κ2) is 5.26. The fourth-order valence-electron chi connectivity index (χ4n) is 2.02. The maximum Gasteiger partial charge on any atom is 0.262 e. The average molecular weight is 292 g/mol. The molecule has 0 aliphatic heterocycles. The average Bonchev–Trinajstić information content (AvgIpc) is 3.19. The molecule has 0 radical (unpaired) electrons. The molecule has 1 heterocycles. The highest BCUT2D eigenvalue weighted by molar-refractivity contribution is 6.30. The summed E-state index contributed by atoms with van der Waals surface area (Å²) in [5.41, 5.74) is 0.320. The van der Waals surface area contributed by atoms with Crippen LogP contribution in [0, 0.1) is 0 Å². The van der Waals surface area contributed by atoms with E-state index in [1.54, 1.807) is 24.3 Å². The molecule has 3 rings (SSSR count). The van der Waals surface area contributed by atoms with Gasteiger partial charge in [0.05, 0.1) is 6.54 Å². The quantitative estimate of drug-likeness (QED) is 0.805. The van der Waals surface area contributed by atoms with Gasteiger partial charge in [-0.15, -0.1) is 0 Å². The molecule has 0 spiro atoms. The lowest BCUT2D eigenvalue weighted by Gasteiger charge is -2.07. The van der Waals surface area contributed by atoms with Crippen LogP contribution in [-0.2, 0) is 6.54 Å². The van der Waals surface area contributed by atoms with Crippen molar-refractivity contribution in [1.29, 1.82) is 0 Å². The van der Waals surface area contributed by atoms with Crippen molar-refractivity contribution < 1.29 is 5.11 Å². The van der Waals surface area contributed by atoms with E-state index in [1.165, 1.54) is 0 Å². The molecule has 20 heavy (non-hydrogen) atoms. The molecule has 1 fully saturated rings. The Labute approximate surface area is 120 Å². The minimum Gasteiger partial charge on any atom is -0.493 e. The van der Waals surface area contributed by atoms with Gasteiger partial charge in [0.25, 0.3) is 5.56 Å². The number of nitrogens with zero attached hydrogens (tertiary/aromatic N) is 1. The van der Waals surface area contributed by atoms with Crippen LogP contribution in [0.4, 0.5) is 0 Å². The second-order valence-electron chi connectivity index (χ2n) is 4.88. The third-order valence-corrected chi connectivity index (χ3v) is 3.43. The molecular formula is C14H14ClN3O2. The normalized spacial score (nSPS) is 14.4. The van der Waals surface area contributed by atoms with Crippen molar-refractivity contribution in [3.8, 4) is 17.0 Å². The number of benzene rings is 1. The first-order valence-corrected chi connectivity index (χ1v) is 6.83. The van der Waals surface area contributed by atoms with Crippen LogP contribution >= 0.6 is 11.6 Å². The smallest absolute Gasteiger partial charge is 0.262 e. The molecule has 0 bridgehead atoms. The molecule has 0 atom stereocenters. The maximum atomic E-state index is 12.1. The first kappa shape index (κ1) is 13.1. The van der Waals surface area contributed by atoms with Crippen LogP contribution < -0.4 is 10.9 Å². The number of halogens is 1. The van der Waals surface area contributed by atoms with Crippen molar-refractivity contribution >= 4 is 11.6 Å². The number of hydrogen-bond acceptors (Lipinski definition) is 4. The van der Waals surface area contributed by atoms with E-state index in [9.17, 15) is 9.90 Å². The molecule has 1 aliphatic carbocycles. The Balaban J connectivity index is 1.93. The summed E-state index contributed by atoms with van der Waals surface area (Å²) in [5, 5.41) is 13.7. The van der Waals surface area contributed by atoms with E-state index in [0.717, 1.165) is 12.8 Å². The Morgan fingerprint density at radius 1 is 1.45 bits per heavy atom. The highest BCUT2D eigenvalue weighted by atomic mass is 35.5. The monoisotopic (exact) mass is 291 g/mol. The molecule has 1 aliphatic rings. The summed E-state index contributed by atoms with van der Waals surface area (Å²) in [6.45, 7) is 0.448. The number of hydrogen-bond donors (Lipinski definition) is 3. The van der Waals surface area contributed by atoms with E-state index >= 15 is 0 Å². The van der Waals surface area contributed by atoms with E-state index in [2.05, 4.69) is 15.3 Å². The standard InChI is InChI=1S/C14H14ClN3O2/c15-9-3-1-2-8(6-9)12-13(19)17-11(18-14(12)20)7-16-10-4-5-10/h1-3,6,10,16H,4-5,7H2,(H2,17,18,19,20). The van der Waals surface area contributed by atoms with E-state index in [4.69, 9.17) is 11.6 Å². The summed E-state index contributed by atoms with van der Waals surface area (Å²) in [4.78, 5) is 18.8. The highest BCUT2D eigenvalue weighted by Crippen LogP contribution is 2.25. The van der Waals surface area contributed by atoms with Crippen LogP contribution in [0.15, 0.2) is 29.1 Å². The lowest BCUT2D eigenvalue weighted by molar-refractivity contribution is 0.448. The maximum absolute atomic E-state index is 12.1. The molecule has 0 amide bonds. The molecule has 0 saturated heterocycles. The van der Waals surface area contributed by atoms with Crippen LogP contribution in [0.2, 0.25) is 5.02 Å². The zero-order chi connectivity index (χ0) is 14.1. The molecule has 6 heteroatoms. The number of rotatable bonds is 4. The molecule has 1 aromatic carbocycles. The minimum atomic E-state index is -0.368.